The first-order valence-corrected chi connectivity index (χ1v) is 6.82. The molecule has 1 aliphatic rings. The first kappa shape index (κ1) is 12.7. The highest BCUT2D eigenvalue weighted by Gasteiger charge is 2.22. The van der Waals surface area contributed by atoms with Crippen molar-refractivity contribution in [3.05, 3.63) is 29.8 Å². The van der Waals surface area contributed by atoms with Gasteiger partial charge in [0.1, 0.15) is 5.75 Å². The largest absolute Gasteiger partial charge is 0.508 e. The van der Waals surface area contributed by atoms with Crippen LogP contribution in [-0.2, 0) is 6.54 Å². The Labute approximate surface area is 108 Å². The second-order valence-electron chi connectivity index (χ2n) is 4.86. The number of aromatic hydroxyl groups is 1. The van der Waals surface area contributed by atoms with Gasteiger partial charge in [-0.25, -0.2) is 0 Å². The molecule has 1 saturated carbocycles. The molecule has 0 amide bonds. The number of halogens is 1. The van der Waals surface area contributed by atoms with Crippen LogP contribution in [0.5, 0.6) is 5.75 Å². The number of rotatable bonds is 4. The molecule has 2 N–H and O–H groups in total. The van der Waals surface area contributed by atoms with Gasteiger partial charge in [-0.15, -0.1) is 11.6 Å². The van der Waals surface area contributed by atoms with Crippen molar-refractivity contribution in [3.63, 3.8) is 0 Å². The van der Waals surface area contributed by atoms with Gasteiger partial charge in [-0.2, -0.15) is 0 Å². The second kappa shape index (κ2) is 6.27. The Morgan fingerprint density at radius 3 is 2.59 bits per heavy atom. The van der Waals surface area contributed by atoms with Crippen LogP contribution in [0.25, 0.3) is 0 Å². The summed E-state index contributed by atoms with van der Waals surface area (Å²) in [5, 5.41) is 13.0. The predicted molar refractivity (Wildman–Crippen MR) is 71.4 cm³/mol. The average Bonchev–Trinajstić information content (AvgIpc) is 2.34. The summed E-state index contributed by atoms with van der Waals surface area (Å²) in [6.07, 6.45) is 5.00. The molecule has 0 heterocycles. The molecule has 3 heteroatoms. The van der Waals surface area contributed by atoms with E-state index in [2.05, 4.69) is 5.32 Å². The summed E-state index contributed by atoms with van der Waals surface area (Å²) in [6, 6.07) is 7.34. The normalized spacial score (nSPS) is 24.8. The highest BCUT2D eigenvalue weighted by atomic mass is 35.5. The van der Waals surface area contributed by atoms with Crippen LogP contribution in [0.15, 0.2) is 24.3 Å². The van der Waals surface area contributed by atoms with E-state index in [0.29, 0.717) is 17.0 Å². The maximum absolute atomic E-state index is 9.18. The number of hydrogen-bond acceptors (Lipinski definition) is 2. The Morgan fingerprint density at radius 2 is 1.88 bits per heavy atom. The van der Waals surface area contributed by atoms with Crippen LogP contribution in [0.1, 0.15) is 31.2 Å². The lowest BCUT2D eigenvalue weighted by Crippen LogP contribution is -2.30. The van der Waals surface area contributed by atoms with Gasteiger partial charge in [-0.3, -0.25) is 0 Å². The van der Waals surface area contributed by atoms with E-state index in [1.54, 1.807) is 12.1 Å². The van der Waals surface area contributed by atoms with Crippen molar-refractivity contribution < 1.29 is 5.11 Å². The van der Waals surface area contributed by atoms with Crippen molar-refractivity contribution >= 4 is 11.6 Å². The minimum atomic E-state index is 0.321. The van der Waals surface area contributed by atoms with Gasteiger partial charge in [-0.05, 0) is 43.0 Å². The highest BCUT2D eigenvalue weighted by molar-refractivity contribution is 6.20. The molecule has 0 spiro atoms. The molecular weight excluding hydrogens is 234 g/mol. The van der Waals surface area contributed by atoms with Crippen molar-refractivity contribution in [2.45, 2.75) is 37.6 Å². The minimum absolute atomic E-state index is 0.321. The summed E-state index contributed by atoms with van der Waals surface area (Å²) in [4.78, 5) is 0. The topological polar surface area (TPSA) is 32.3 Å². The maximum Gasteiger partial charge on any atom is 0.115 e. The van der Waals surface area contributed by atoms with Crippen molar-refractivity contribution in [2.75, 3.05) is 6.54 Å². The zero-order valence-corrected chi connectivity index (χ0v) is 10.8. The molecule has 0 saturated heterocycles. The van der Waals surface area contributed by atoms with Crippen molar-refractivity contribution in [1.82, 2.24) is 5.32 Å². The summed E-state index contributed by atoms with van der Waals surface area (Å²) < 4.78 is 0. The van der Waals surface area contributed by atoms with Crippen LogP contribution in [-0.4, -0.2) is 17.0 Å². The summed E-state index contributed by atoms with van der Waals surface area (Å²) in [5.41, 5.74) is 1.20. The van der Waals surface area contributed by atoms with E-state index in [1.807, 2.05) is 12.1 Å². The first-order chi connectivity index (χ1) is 8.25. The molecule has 0 aromatic heterocycles. The van der Waals surface area contributed by atoms with Crippen molar-refractivity contribution in [1.29, 1.82) is 0 Å². The molecule has 94 valence electrons. The molecule has 2 rings (SSSR count). The first-order valence-electron chi connectivity index (χ1n) is 6.38. The second-order valence-corrected chi connectivity index (χ2v) is 5.42. The van der Waals surface area contributed by atoms with Crippen LogP contribution >= 0.6 is 11.6 Å². The van der Waals surface area contributed by atoms with Gasteiger partial charge in [0.15, 0.2) is 0 Å². The van der Waals surface area contributed by atoms with Gasteiger partial charge in [0.25, 0.3) is 0 Å². The molecule has 0 bridgehead atoms. The van der Waals surface area contributed by atoms with Gasteiger partial charge in [0.05, 0.1) is 0 Å². The quantitative estimate of drug-likeness (QED) is 0.808. The molecule has 1 fully saturated rings. The van der Waals surface area contributed by atoms with Gasteiger partial charge in [0, 0.05) is 11.9 Å². The molecule has 2 nitrogen and oxygen atoms in total. The van der Waals surface area contributed by atoms with E-state index in [9.17, 15) is 5.11 Å². The molecular formula is C14H20ClNO. The fourth-order valence-electron chi connectivity index (χ4n) is 2.41. The molecule has 2 unspecified atom stereocenters. The fourth-order valence-corrected chi connectivity index (χ4v) is 2.78. The molecule has 17 heavy (non-hydrogen) atoms. The van der Waals surface area contributed by atoms with Crippen molar-refractivity contribution in [2.24, 2.45) is 5.92 Å². The smallest absolute Gasteiger partial charge is 0.115 e. The summed E-state index contributed by atoms with van der Waals surface area (Å²) >= 11 is 6.31. The van der Waals surface area contributed by atoms with Gasteiger partial charge < -0.3 is 10.4 Å². The fraction of sp³-hybridized carbons (Fsp3) is 0.571. The Balaban J connectivity index is 1.73. The maximum atomic E-state index is 9.18. The third-order valence-electron chi connectivity index (χ3n) is 3.49. The third kappa shape index (κ3) is 3.90. The standard InChI is InChI=1S/C14H20ClNO/c15-14-4-2-1-3-12(14)10-16-9-11-5-7-13(17)8-6-11/h5-8,12,14,16-17H,1-4,9-10H2. The number of nitrogens with one attached hydrogen (secondary N) is 1. The number of phenols is 1. The van der Waals surface area contributed by atoms with E-state index in [1.165, 1.54) is 24.8 Å². The third-order valence-corrected chi connectivity index (χ3v) is 4.06. The van der Waals surface area contributed by atoms with Crippen LogP contribution in [0.2, 0.25) is 0 Å². The van der Waals surface area contributed by atoms with Gasteiger partial charge in [-0.1, -0.05) is 25.0 Å². The van der Waals surface area contributed by atoms with Gasteiger partial charge >= 0.3 is 0 Å². The molecule has 1 aliphatic carbocycles. The molecule has 1 aromatic carbocycles. The van der Waals surface area contributed by atoms with Gasteiger partial charge in [0.2, 0.25) is 0 Å². The zero-order chi connectivity index (χ0) is 12.1. The van der Waals surface area contributed by atoms with Crippen LogP contribution in [0.4, 0.5) is 0 Å². The lowest BCUT2D eigenvalue weighted by atomic mass is 9.89. The number of alkyl halides is 1. The van der Waals surface area contributed by atoms with Crippen molar-refractivity contribution in [3.8, 4) is 5.75 Å². The number of benzene rings is 1. The number of phenolic OH excluding ortho intramolecular Hbond substituents is 1. The minimum Gasteiger partial charge on any atom is -0.508 e. The van der Waals surface area contributed by atoms with E-state index in [0.717, 1.165) is 19.5 Å². The predicted octanol–water partition coefficient (Wildman–Crippen LogP) is 3.28. The summed E-state index contributed by atoms with van der Waals surface area (Å²) in [6.45, 7) is 1.84. The monoisotopic (exact) mass is 253 g/mol. The Kier molecular flexibility index (Phi) is 4.69. The number of hydrogen-bond donors (Lipinski definition) is 2. The van der Waals surface area contributed by atoms with Crippen LogP contribution in [0.3, 0.4) is 0 Å². The summed E-state index contributed by atoms with van der Waals surface area (Å²) in [7, 11) is 0. The van der Waals surface area contributed by atoms with E-state index in [4.69, 9.17) is 11.6 Å². The average molecular weight is 254 g/mol. The Bertz CT molecular complexity index is 339. The van der Waals surface area contributed by atoms with E-state index < -0.39 is 0 Å². The lowest BCUT2D eigenvalue weighted by molar-refractivity contribution is 0.348. The molecule has 2 atom stereocenters. The molecule has 0 aliphatic heterocycles. The zero-order valence-electron chi connectivity index (χ0n) is 10.0. The van der Waals surface area contributed by atoms with E-state index in [-0.39, 0.29) is 0 Å². The Morgan fingerprint density at radius 1 is 1.18 bits per heavy atom. The Hall–Kier alpha value is -0.730. The lowest BCUT2D eigenvalue weighted by Gasteiger charge is -2.27. The summed E-state index contributed by atoms with van der Waals surface area (Å²) in [5.74, 6) is 0.935. The van der Waals surface area contributed by atoms with Crippen LogP contribution in [0, 0.1) is 5.92 Å². The molecule has 1 aromatic rings. The molecule has 0 radical (unpaired) electrons. The highest BCUT2D eigenvalue weighted by Crippen LogP contribution is 2.28. The van der Waals surface area contributed by atoms with E-state index >= 15 is 0 Å². The SMILES string of the molecule is Oc1ccc(CNCC2CCCCC2Cl)cc1. The van der Waals surface area contributed by atoms with Crippen LogP contribution < -0.4 is 5.32 Å².